The first-order valence-corrected chi connectivity index (χ1v) is 6.09. The first kappa shape index (κ1) is 9.97. The first-order valence-electron chi connectivity index (χ1n) is 5.27. The van der Waals surface area contributed by atoms with Crippen molar-refractivity contribution in [1.82, 2.24) is 4.98 Å². The van der Waals surface area contributed by atoms with Crippen LogP contribution >= 0.6 is 11.3 Å². The van der Waals surface area contributed by atoms with Gasteiger partial charge in [0.15, 0.2) is 5.13 Å². The van der Waals surface area contributed by atoms with E-state index in [-0.39, 0.29) is 0 Å². The van der Waals surface area contributed by atoms with Gasteiger partial charge in [-0.1, -0.05) is 13.3 Å². The van der Waals surface area contributed by atoms with Gasteiger partial charge in [-0.3, -0.25) is 0 Å². The smallest absolute Gasteiger partial charge is 0.183 e. The Labute approximate surface area is 89.8 Å². The highest BCUT2D eigenvalue weighted by Crippen LogP contribution is 2.40. The molecule has 1 aliphatic carbocycles. The summed E-state index contributed by atoms with van der Waals surface area (Å²) in [4.78, 5) is 5.80. The maximum atomic E-state index is 4.48. The molecule has 0 aromatic carbocycles. The van der Waals surface area contributed by atoms with E-state index in [4.69, 9.17) is 0 Å². The van der Waals surface area contributed by atoms with Crippen molar-refractivity contribution in [2.75, 3.05) is 11.9 Å². The molecule has 1 saturated carbocycles. The van der Waals surface area contributed by atoms with E-state index in [9.17, 15) is 0 Å². The van der Waals surface area contributed by atoms with Gasteiger partial charge >= 0.3 is 0 Å². The van der Waals surface area contributed by atoms with E-state index in [0.29, 0.717) is 5.41 Å². The molecule has 1 heterocycles. The third-order valence-electron chi connectivity index (χ3n) is 3.26. The Bertz CT molecular complexity index is 307. The molecular formula is C11H18N2S. The lowest BCUT2D eigenvalue weighted by molar-refractivity contribution is 0.180. The van der Waals surface area contributed by atoms with Crippen LogP contribution in [0, 0.1) is 19.3 Å². The Morgan fingerprint density at radius 2 is 2.14 bits per heavy atom. The zero-order chi connectivity index (χ0) is 10.2. The molecule has 78 valence electrons. The van der Waals surface area contributed by atoms with Crippen LogP contribution in [0.1, 0.15) is 36.8 Å². The number of aromatic nitrogens is 1. The molecule has 2 rings (SSSR count). The van der Waals surface area contributed by atoms with Gasteiger partial charge in [0.05, 0.1) is 5.69 Å². The second-order valence-corrected chi connectivity index (χ2v) is 5.88. The largest absolute Gasteiger partial charge is 0.361 e. The van der Waals surface area contributed by atoms with E-state index < -0.39 is 0 Å². The lowest BCUT2D eigenvalue weighted by Gasteiger charge is -2.38. The molecule has 0 atom stereocenters. The second-order valence-electron chi connectivity index (χ2n) is 4.68. The predicted octanol–water partition coefficient (Wildman–Crippen LogP) is 3.36. The van der Waals surface area contributed by atoms with E-state index in [1.807, 2.05) is 0 Å². The van der Waals surface area contributed by atoms with Gasteiger partial charge in [0.25, 0.3) is 0 Å². The highest BCUT2D eigenvalue weighted by Gasteiger charge is 2.31. The third kappa shape index (κ3) is 1.92. The van der Waals surface area contributed by atoms with Gasteiger partial charge in [0.1, 0.15) is 0 Å². The fraction of sp³-hybridized carbons (Fsp3) is 0.727. The van der Waals surface area contributed by atoms with E-state index in [2.05, 4.69) is 31.1 Å². The molecule has 0 spiro atoms. The Morgan fingerprint density at radius 3 is 2.57 bits per heavy atom. The molecule has 0 saturated heterocycles. The van der Waals surface area contributed by atoms with Gasteiger partial charge in [-0.05, 0) is 32.1 Å². The van der Waals surface area contributed by atoms with Crippen molar-refractivity contribution in [1.29, 1.82) is 0 Å². The second kappa shape index (κ2) is 3.54. The molecule has 0 amide bonds. The molecule has 3 heteroatoms. The van der Waals surface area contributed by atoms with Gasteiger partial charge in [-0.25, -0.2) is 4.98 Å². The van der Waals surface area contributed by atoms with Crippen LogP contribution in [0.3, 0.4) is 0 Å². The van der Waals surface area contributed by atoms with Gasteiger partial charge in [-0.15, -0.1) is 11.3 Å². The highest BCUT2D eigenvalue weighted by molar-refractivity contribution is 7.15. The van der Waals surface area contributed by atoms with Crippen molar-refractivity contribution in [3.05, 3.63) is 10.6 Å². The zero-order valence-corrected chi connectivity index (χ0v) is 10.0. The van der Waals surface area contributed by atoms with Crippen molar-refractivity contribution in [2.45, 2.75) is 40.0 Å². The number of anilines is 1. The van der Waals surface area contributed by atoms with Crippen LogP contribution in [0.4, 0.5) is 5.13 Å². The van der Waals surface area contributed by atoms with Crippen molar-refractivity contribution < 1.29 is 0 Å². The van der Waals surface area contributed by atoms with Crippen LogP contribution in [-0.4, -0.2) is 11.5 Å². The average molecular weight is 210 g/mol. The average Bonchev–Trinajstić information content (AvgIpc) is 2.40. The minimum absolute atomic E-state index is 0.535. The van der Waals surface area contributed by atoms with Crippen molar-refractivity contribution in [2.24, 2.45) is 5.41 Å². The summed E-state index contributed by atoms with van der Waals surface area (Å²) in [6.45, 7) is 7.64. The molecule has 1 aromatic heterocycles. The number of thiazole rings is 1. The van der Waals surface area contributed by atoms with E-state index >= 15 is 0 Å². The van der Waals surface area contributed by atoms with Crippen LogP contribution in [0.25, 0.3) is 0 Å². The van der Waals surface area contributed by atoms with Gasteiger partial charge in [0, 0.05) is 11.4 Å². The molecule has 0 bridgehead atoms. The summed E-state index contributed by atoms with van der Waals surface area (Å²) >= 11 is 1.77. The first-order chi connectivity index (χ1) is 6.59. The zero-order valence-electron chi connectivity index (χ0n) is 9.18. The van der Waals surface area contributed by atoms with Crippen molar-refractivity contribution >= 4 is 16.5 Å². The molecule has 14 heavy (non-hydrogen) atoms. The summed E-state index contributed by atoms with van der Waals surface area (Å²) in [6, 6.07) is 0. The highest BCUT2D eigenvalue weighted by atomic mass is 32.1. The van der Waals surface area contributed by atoms with Gasteiger partial charge in [-0.2, -0.15) is 0 Å². The van der Waals surface area contributed by atoms with Crippen LogP contribution < -0.4 is 5.32 Å². The maximum absolute atomic E-state index is 4.48. The van der Waals surface area contributed by atoms with Crippen LogP contribution in [0.2, 0.25) is 0 Å². The quantitative estimate of drug-likeness (QED) is 0.827. The Balaban J connectivity index is 1.91. The number of nitrogens with zero attached hydrogens (tertiary/aromatic N) is 1. The summed E-state index contributed by atoms with van der Waals surface area (Å²) in [7, 11) is 0. The number of aryl methyl sites for hydroxylation is 2. The van der Waals surface area contributed by atoms with Crippen LogP contribution in [0.5, 0.6) is 0 Å². The fourth-order valence-electron chi connectivity index (χ4n) is 1.79. The summed E-state index contributed by atoms with van der Waals surface area (Å²) in [6.07, 6.45) is 4.13. The van der Waals surface area contributed by atoms with Gasteiger partial charge in [0.2, 0.25) is 0 Å². The van der Waals surface area contributed by atoms with E-state index in [1.165, 1.54) is 24.1 Å². The Kier molecular flexibility index (Phi) is 2.52. The Hall–Kier alpha value is -0.570. The molecule has 1 fully saturated rings. The van der Waals surface area contributed by atoms with Crippen molar-refractivity contribution in [3.63, 3.8) is 0 Å². The molecular weight excluding hydrogens is 192 g/mol. The van der Waals surface area contributed by atoms with Crippen LogP contribution in [-0.2, 0) is 0 Å². The van der Waals surface area contributed by atoms with E-state index in [0.717, 1.165) is 17.4 Å². The minimum Gasteiger partial charge on any atom is -0.361 e. The lowest BCUT2D eigenvalue weighted by Crippen LogP contribution is -2.33. The molecule has 2 nitrogen and oxygen atoms in total. The maximum Gasteiger partial charge on any atom is 0.183 e. The number of hydrogen-bond acceptors (Lipinski definition) is 3. The number of nitrogens with one attached hydrogen (secondary N) is 1. The monoisotopic (exact) mass is 210 g/mol. The predicted molar refractivity (Wildman–Crippen MR) is 62.0 cm³/mol. The third-order valence-corrected chi connectivity index (χ3v) is 4.29. The minimum atomic E-state index is 0.535. The molecule has 1 N–H and O–H groups in total. The summed E-state index contributed by atoms with van der Waals surface area (Å²) in [5, 5.41) is 4.55. The normalized spacial score (nSPS) is 19.1. The Morgan fingerprint density at radius 1 is 1.43 bits per heavy atom. The standard InChI is InChI=1S/C11H18N2S/c1-8-9(2)14-10(13-8)12-7-11(3)5-4-6-11/h4-7H2,1-3H3,(H,12,13). The van der Waals surface area contributed by atoms with Crippen LogP contribution in [0.15, 0.2) is 0 Å². The number of rotatable bonds is 3. The molecule has 1 aromatic rings. The summed E-state index contributed by atoms with van der Waals surface area (Å²) < 4.78 is 0. The molecule has 0 radical (unpaired) electrons. The SMILES string of the molecule is Cc1nc(NCC2(C)CCC2)sc1C. The lowest BCUT2D eigenvalue weighted by atomic mass is 9.70. The van der Waals surface area contributed by atoms with Gasteiger partial charge < -0.3 is 5.32 Å². The van der Waals surface area contributed by atoms with E-state index in [1.54, 1.807) is 11.3 Å². The van der Waals surface area contributed by atoms with Crippen molar-refractivity contribution in [3.8, 4) is 0 Å². The fourth-order valence-corrected chi connectivity index (χ4v) is 2.60. The molecule has 0 aliphatic heterocycles. The molecule has 0 unspecified atom stereocenters. The molecule has 1 aliphatic rings. The number of hydrogen-bond donors (Lipinski definition) is 1. The summed E-state index contributed by atoms with van der Waals surface area (Å²) in [5.74, 6) is 0. The summed E-state index contributed by atoms with van der Waals surface area (Å²) in [5.41, 5.74) is 1.70. The topological polar surface area (TPSA) is 24.9 Å².